The standard InChI is InChI=1S/C18H21NO4S/c20-18(21)15-10-8-13(9-11-15)12-19-24(22,23)17-7-3-5-14-4-1-2-6-16(14)17/h1-7,13,15,19H,8-12H2,(H,20,21)/t13-,15-. The maximum Gasteiger partial charge on any atom is 0.306 e. The molecule has 5 nitrogen and oxygen atoms in total. The number of carboxylic acids is 1. The van der Waals surface area contributed by atoms with Gasteiger partial charge in [-0.3, -0.25) is 4.79 Å². The normalized spacial score (nSPS) is 21.7. The first kappa shape index (κ1) is 16.9. The lowest BCUT2D eigenvalue weighted by atomic mass is 9.82. The van der Waals surface area contributed by atoms with Gasteiger partial charge in [-0.25, -0.2) is 13.1 Å². The average molecular weight is 347 g/mol. The van der Waals surface area contributed by atoms with Crippen LogP contribution in [0, 0.1) is 11.8 Å². The fourth-order valence-electron chi connectivity index (χ4n) is 3.35. The van der Waals surface area contributed by atoms with E-state index in [1.54, 1.807) is 12.1 Å². The highest BCUT2D eigenvalue weighted by Gasteiger charge is 2.27. The van der Waals surface area contributed by atoms with Gasteiger partial charge in [-0.05, 0) is 43.1 Å². The van der Waals surface area contributed by atoms with Gasteiger partial charge in [0.2, 0.25) is 10.0 Å². The van der Waals surface area contributed by atoms with Crippen molar-refractivity contribution in [3.63, 3.8) is 0 Å². The zero-order valence-corrected chi connectivity index (χ0v) is 14.1. The summed E-state index contributed by atoms with van der Waals surface area (Å²) < 4.78 is 28.0. The van der Waals surface area contributed by atoms with Crippen molar-refractivity contribution in [1.82, 2.24) is 4.72 Å². The van der Waals surface area contributed by atoms with Gasteiger partial charge in [0.15, 0.2) is 0 Å². The topological polar surface area (TPSA) is 83.5 Å². The van der Waals surface area contributed by atoms with Crippen LogP contribution in [0.4, 0.5) is 0 Å². The highest BCUT2D eigenvalue weighted by molar-refractivity contribution is 7.89. The van der Waals surface area contributed by atoms with E-state index in [1.807, 2.05) is 30.3 Å². The van der Waals surface area contributed by atoms with E-state index in [0.29, 0.717) is 29.7 Å². The summed E-state index contributed by atoms with van der Waals surface area (Å²) in [5.74, 6) is -0.828. The van der Waals surface area contributed by atoms with E-state index in [-0.39, 0.29) is 11.8 Å². The molecule has 24 heavy (non-hydrogen) atoms. The maximum atomic E-state index is 12.7. The van der Waals surface area contributed by atoms with Gasteiger partial charge < -0.3 is 5.11 Å². The summed E-state index contributed by atoms with van der Waals surface area (Å²) in [5, 5.41) is 10.6. The first-order valence-corrected chi connectivity index (χ1v) is 9.66. The third-order valence-electron chi connectivity index (χ3n) is 4.80. The molecule has 1 fully saturated rings. The van der Waals surface area contributed by atoms with Crippen LogP contribution in [-0.2, 0) is 14.8 Å². The van der Waals surface area contributed by atoms with Crippen molar-refractivity contribution in [3.05, 3.63) is 42.5 Å². The largest absolute Gasteiger partial charge is 0.481 e. The minimum atomic E-state index is -3.58. The van der Waals surface area contributed by atoms with Crippen molar-refractivity contribution in [2.45, 2.75) is 30.6 Å². The Balaban J connectivity index is 1.69. The molecule has 2 aromatic carbocycles. The molecule has 3 rings (SSSR count). The van der Waals surface area contributed by atoms with Gasteiger partial charge in [-0.2, -0.15) is 0 Å². The number of rotatable bonds is 5. The average Bonchev–Trinajstić information content (AvgIpc) is 2.60. The molecule has 0 heterocycles. The molecular formula is C18H21NO4S. The summed E-state index contributed by atoms with van der Waals surface area (Å²) in [6, 6.07) is 12.7. The minimum Gasteiger partial charge on any atom is -0.481 e. The molecule has 1 saturated carbocycles. The van der Waals surface area contributed by atoms with Gasteiger partial charge >= 0.3 is 5.97 Å². The lowest BCUT2D eigenvalue weighted by molar-refractivity contribution is -0.143. The third kappa shape index (κ3) is 3.60. The molecule has 0 aromatic heterocycles. The highest BCUT2D eigenvalue weighted by atomic mass is 32.2. The molecule has 0 atom stereocenters. The molecule has 128 valence electrons. The first-order valence-electron chi connectivity index (χ1n) is 8.17. The summed E-state index contributed by atoms with van der Waals surface area (Å²) in [6.07, 6.45) is 2.73. The quantitative estimate of drug-likeness (QED) is 0.871. The summed E-state index contributed by atoms with van der Waals surface area (Å²) in [4.78, 5) is 11.3. The first-order chi connectivity index (χ1) is 11.5. The van der Waals surface area contributed by atoms with Crippen LogP contribution < -0.4 is 4.72 Å². The summed E-state index contributed by atoms with van der Waals surface area (Å²) in [5.41, 5.74) is 0. The molecule has 0 amide bonds. The van der Waals surface area contributed by atoms with Gasteiger partial charge in [-0.15, -0.1) is 0 Å². The number of hydrogen-bond acceptors (Lipinski definition) is 3. The van der Waals surface area contributed by atoms with Crippen LogP contribution in [0.2, 0.25) is 0 Å². The Kier molecular flexibility index (Phi) is 4.87. The monoisotopic (exact) mass is 347 g/mol. The van der Waals surface area contributed by atoms with Crippen LogP contribution in [0.15, 0.2) is 47.4 Å². The van der Waals surface area contributed by atoms with Gasteiger partial charge in [0.1, 0.15) is 0 Å². The molecule has 0 aliphatic heterocycles. The molecule has 2 N–H and O–H groups in total. The van der Waals surface area contributed by atoms with E-state index < -0.39 is 16.0 Å². The van der Waals surface area contributed by atoms with Crippen LogP contribution in [0.3, 0.4) is 0 Å². The number of carboxylic acid groups (broad SMARTS) is 1. The third-order valence-corrected chi connectivity index (χ3v) is 6.28. The Morgan fingerprint density at radius 2 is 1.71 bits per heavy atom. The van der Waals surface area contributed by atoms with Crippen molar-refractivity contribution in [2.24, 2.45) is 11.8 Å². The van der Waals surface area contributed by atoms with Gasteiger partial charge in [0.25, 0.3) is 0 Å². The Morgan fingerprint density at radius 1 is 1.04 bits per heavy atom. The Hall–Kier alpha value is -1.92. The molecule has 2 aromatic rings. The smallest absolute Gasteiger partial charge is 0.306 e. The number of sulfonamides is 1. The molecule has 1 aliphatic rings. The molecular weight excluding hydrogens is 326 g/mol. The SMILES string of the molecule is O=C(O)[C@H]1CC[C@H](CNS(=O)(=O)c2cccc3ccccc23)CC1. The van der Waals surface area contributed by atoms with E-state index in [2.05, 4.69) is 4.72 Å². The summed E-state index contributed by atoms with van der Waals surface area (Å²) in [7, 11) is -3.58. The molecule has 0 saturated heterocycles. The van der Waals surface area contributed by atoms with E-state index in [9.17, 15) is 13.2 Å². The molecule has 0 spiro atoms. The van der Waals surface area contributed by atoms with Crippen LogP contribution in [-0.4, -0.2) is 26.0 Å². The van der Waals surface area contributed by atoms with E-state index in [4.69, 9.17) is 5.11 Å². The minimum absolute atomic E-state index is 0.199. The number of fused-ring (bicyclic) bond motifs is 1. The lowest BCUT2D eigenvalue weighted by Crippen LogP contribution is -2.32. The van der Waals surface area contributed by atoms with E-state index in [0.717, 1.165) is 18.2 Å². The van der Waals surface area contributed by atoms with Crippen molar-refractivity contribution < 1.29 is 18.3 Å². The van der Waals surface area contributed by atoms with Crippen molar-refractivity contribution in [1.29, 1.82) is 0 Å². The molecule has 1 aliphatic carbocycles. The molecule has 6 heteroatoms. The molecule has 0 bridgehead atoms. The van der Waals surface area contributed by atoms with Crippen LogP contribution >= 0.6 is 0 Å². The van der Waals surface area contributed by atoms with Crippen LogP contribution in [0.1, 0.15) is 25.7 Å². The Morgan fingerprint density at radius 3 is 2.42 bits per heavy atom. The fourth-order valence-corrected chi connectivity index (χ4v) is 4.69. The second-order valence-electron chi connectivity index (χ2n) is 6.39. The number of benzene rings is 2. The zero-order chi connectivity index (χ0) is 17.2. The highest BCUT2D eigenvalue weighted by Crippen LogP contribution is 2.29. The molecule has 0 unspecified atom stereocenters. The van der Waals surface area contributed by atoms with Crippen molar-refractivity contribution in [3.8, 4) is 0 Å². The lowest BCUT2D eigenvalue weighted by Gasteiger charge is -2.26. The van der Waals surface area contributed by atoms with Crippen molar-refractivity contribution >= 4 is 26.8 Å². The van der Waals surface area contributed by atoms with Crippen LogP contribution in [0.5, 0.6) is 0 Å². The van der Waals surface area contributed by atoms with Gasteiger partial charge in [-0.1, -0.05) is 36.4 Å². The van der Waals surface area contributed by atoms with E-state index in [1.165, 1.54) is 0 Å². The Bertz CT molecular complexity index is 834. The van der Waals surface area contributed by atoms with Crippen LogP contribution in [0.25, 0.3) is 10.8 Å². The zero-order valence-electron chi connectivity index (χ0n) is 13.3. The number of carbonyl (C=O) groups is 1. The predicted molar refractivity (Wildman–Crippen MR) is 92.2 cm³/mol. The summed E-state index contributed by atoms with van der Waals surface area (Å²) in [6.45, 7) is 0.359. The maximum absolute atomic E-state index is 12.7. The molecule has 0 radical (unpaired) electrons. The predicted octanol–water partition coefficient (Wildman–Crippen LogP) is 3.01. The second kappa shape index (κ2) is 6.91. The Labute approximate surface area is 141 Å². The fraction of sp³-hybridized carbons (Fsp3) is 0.389. The number of hydrogen-bond donors (Lipinski definition) is 2. The number of aliphatic carboxylic acids is 1. The van der Waals surface area contributed by atoms with Gasteiger partial charge in [0, 0.05) is 11.9 Å². The van der Waals surface area contributed by atoms with E-state index >= 15 is 0 Å². The van der Waals surface area contributed by atoms with Gasteiger partial charge in [0.05, 0.1) is 10.8 Å². The number of nitrogens with one attached hydrogen (secondary N) is 1. The summed E-state index contributed by atoms with van der Waals surface area (Å²) >= 11 is 0. The van der Waals surface area contributed by atoms with Crippen molar-refractivity contribution in [2.75, 3.05) is 6.54 Å². The second-order valence-corrected chi connectivity index (χ2v) is 8.12.